The van der Waals surface area contributed by atoms with Crippen molar-refractivity contribution in [3.63, 3.8) is 0 Å². The lowest BCUT2D eigenvalue weighted by atomic mass is 10.0. The molecule has 3 aromatic carbocycles. The van der Waals surface area contributed by atoms with Gasteiger partial charge in [-0.2, -0.15) is 27.3 Å². The Morgan fingerprint density at radius 1 is 0.941 bits per heavy atom. The number of nitrogens with zero attached hydrogens (tertiary/aromatic N) is 2. The Kier molecular flexibility index (Phi) is 5.09. The number of alkyl halides is 4. The number of hydrogen-bond donors (Lipinski definition) is 1. The summed E-state index contributed by atoms with van der Waals surface area (Å²) in [6, 6.07) is 18.2. The Labute approximate surface area is 195 Å². The number of hydrogen-bond acceptors (Lipinski definition) is 3. The number of rotatable bonds is 3. The van der Waals surface area contributed by atoms with Crippen molar-refractivity contribution in [1.82, 2.24) is 9.78 Å². The summed E-state index contributed by atoms with van der Waals surface area (Å²) in [5.41, 5.74) is 1.50. The fourth-order valence-electron chi connectivity index (χ4n) is 3.61. The molecule has 172 valence electrons. The molecule has 1 aliphatic heterocycles. The number of amides is 1. The Bertz CT molecular complexity index is 1390. The second-order valence-electron chi connectivity index (χ2n) is 7.54. The summed E-state index contributed by atoms with van der Waals surface area (Å²) in [6.07, 6.45) is -3.18. The molecule has 2 heterocycles. The van der Waals surface area contributed by atoms with Crippen LogP contribution in [0.15, 0.2) is 79.0 Å². The first-order chi connectivity index (χ1) is 16.2. The van der Waals surface area contributed by atoms with Crippen LogP contribution in [-0.4, -0.2) is 21.9 Å². The van der Waals surface area contributed by atoms with E-state index in [0.29, 0.717) is 16.3 Å². The van der Waals surface area contributed by atoms with E-state index in [2.05, 4.69) is 15.2 Å². The third kappa shape index (κ3) is 3.67. The highest BCUT2D eigenvalue weighted by Crippen LogP contribution is 2.53. The Balaban J connectivity index is 1.49. The second kappa shape index (κ2) is 7.88. The van der Waals surface area contributed by atoms with E-state index in [1.54, 1.807) is 24.3 Å². The third-order valence-corrected chi connectivity index (χ3v) is 5.55. The van der Waals surface area contributed by atoms with Gasteiger partial charge in [-0.1, -0.05) is 54.1 Å². The van der Waals surface area contributed by atoms with Gasteiger partial charge in [0.15, 0.2) is 0 Å². The molecule has 34 heavy (non-hydrogen) atoms. The van der Waals surface area contributed by atoms with Gasteiger partial charge in [-0.25, -0.2) is 4.79 Å². The molecule has 1 N–H and O–H groups in total. The van der Waals surface area contributed by atoms with E-state index in [9.17, 15) is 22.4 Å². The molecule has 10 heteroatoms. The van der Waals surface area contributed by atoms with E-state index in [1.165, 1.54) is 12.3 Å². The van der Waals surface area contributed by atoms with Crippen LogP contribution in [0, 0.1) is 0 Å². The molecule has 0 atom stereocenters. The summed E-state index contributed by atoms with van der Waals surface area (Å²) in [7, 11) is 0. The van der Waals surface area contributed by atoms with Crippen LogP contribution in [0.1, 0.15) is 5.56 Å². The fourth-order valence-corrected chi connectivity index (χ4v) is 3.74. The molecule has 0 unspecified atom stereocenters. The van der Waals surface area contributed by atoms with E-state index in [-0.39, 0.29) is 5.69 Å². The molecule has 5 rings (SSSR count). The Morgan fingerprint density at radius 2 is 1.65 bits per heavy atom. The standard InChI is InChI=1S/C24H14ClF4N3O2/c25-16-8-6-14(7-9-16)18-13-32(31-21(18)15-4-2-1-3-5-15)22(33)30-17-10-11-20-19(12-17)23(26,27)24(28,29)34-20/h1-13H,(H,30,33). The molecule has 0 saturated heterocycles. The first-order valence-corrected chi connectivity index (χ1v) is 10.3. The number of fused-ring (bicyclic) bond motifs is 1. The molecule has 1 amide bonds. The predicted octanol–water partition coefficient (Wildman–Crippen LogP) is 7.03. The molecule has 0 spiro atoms. The molecule has 4 aromatic rings. The number of carbonyl (C=O) groups is 1. The van der Waals surface area contributed by atoms with Crippen LogP contribution >= 0.6 is 11.6 Å². The lowest BCUT2D eigenvalue weighted by Gasteiger charge is -2.16. The summed E-state index contributed by atoms with van der Waals surface area (Å²) in [5, 5.41) is 7.33. The first-order valence-electron chi connectivity index (χ1n) is 9.97. The number of aromatic nitrogens is 2. The minimum Gasteiger partial charge on any atom is -0.427 e. The Hall–Kier alpha value is -3.85. The van der Waals surface area contributed by atoms with Crippen LogP contribution in [0.25, 0.3) is 22.4 Å². The summed E-state index contributed by atoms with van der Waals surface area (Å²) in [5.74, 6) is -5.18. The van der Waals surface area contributed by atoms with E-state index >= 15 is 0 Å². The summed E-state index contributed by atoms with van der Waals surface area (Å²) in [6.45, 7) is 0. The van der Waals surface area contributed by atoms with Crippen LogP contribution in [0.3, 0.4) is 0 Å². The lowest BCUT2D eigenvalue weighted by molar-refractivity contribution is -0.296. The summed E-state index contributed by atoms with van der Waals surface area (Å²) < 4.78 is 60.0. The van der Waals surface area contributed by atoms with Crippen molar-refractivity contribution in [3.05, 3.63) is 89.6 Å². The van der Waals surface area contributed by atoms with Gasteiger partial charge >= 0.3 is 18.1 Å². The van der Waals surface area contributed by atoms with Gasteiger partial charge in [0.2, 0.25) is 0 Å². The topological polar surface area (TPSA) is 56.1 Å². The largest absolute Gasteiger partial charge is 0.469 e. The minimum atomic E-state index is -4.67. The first kappa shape index (κ1) is 22.0. The van der Waals surface area contributed by atoms with Gasteiger partial charge < -0.3 is 10.1 Å². The number of nitrogens with one attached hydrogen (secondary N) is 1. The molecule has 0 aliphatic carbocycles. The van der Waals surface area contributed by atoms with Crippen molar-refractivity contribution < 1.29 is 27.1 Å². The molecule has 1 aliphatic rings. The molecular formula is C24H14ClF4N3O2. The maximum atomic E-state index is 14.0. The monoisotopic (exact) mass is 487 g/mol. The SMILES string of the molecule is O=C(Nc1ccc2c(c1)C(F)(F)C(F)(F)O2)n1cc(-c2ccc(Cl)cc2)c(-c2ccccc2)n1. The fraction of sp³-hybridized carbons (Fsp3) is 0.0833. The van der Waals surface area contributed by atoms with Crippen molar-refractivity contribution in [3.8, 4) is 28.1 Å². The summed E-state index contributed by atoms with van der Waals surface area (Å²) in [4.78, 5) is 12.9. The zero-order valence-corrected chi connectivity index (χ0v) is 17.9. The van der Waals surface area contributed by atoms with Crippen LogP contribution in [-0.2, 0) is 5.92 Å². The van der Waals surface area contributed by atoms with Crippen molar-refractivity contribution >= 4 is 23.3 Å². The quantitative estimate of drug-likeness (QED) is 0.316. The van der Waals surface area contributed by atoms with Crippen LogP contribution in [0.4, 0.5) is 28.0 Å². The summed E-state index contributed by atoms with van der Waals surface area (Å²) >= 11 is 5.99. The van der Waals surface area contributed by atoms with Gasteiger partial charge in [0, 0.05) is 28.0 Å². The zero-order valence-electron chi connectivity index (χ0n) is 17.1. The lowest BCUT2D eigenvalue weighted by Crippen LogP contribution is -2.37. The van der Waals surface area contributed by atoms with Crippen molar-refractivity contribution in [2.24, 2.45) is 0 Å². The molecule has 0 radical (unpaired) electrons. The van der Waals surface area contributed by atoms with E-state index in [0.717, 1.165) is 27.9 Å². The number of halogens is 5. The second-order valence-corrected chi connectivity index (χ2v) is 7.98. The number of anilines is 1. The van der Waals surface area contributed by atoms with Crippen LogP contribution in [0.2, 0.25) is 5.02 Å². The van der Waals surface area contributed by atoms with Gasteiger partial charge in [0.05, 0.1) is 5.56 Å². The minimum absolute atomic E-state index is 0.116. The molecular weight excluding hydrogens is 474 g/mol. The smallest absolute Gasteiger partial charge is 0.427 e. The average Bonchev–Trinajstić information content (AvgIpc) is 3.33. The van der Waals surface area contributed by atoms with Gasteiger partial charge in [-0.3, -0.25) is 0 Å². The Morgan fingerprint density at radius 3 is 2.35 bits per heavy atom. The van der Waals surface area contributed by atoms with Gasteiger partial charge in [0.25, 0.3) is 0 Å². The van der Waals surface area contributed by atoms with E-state index < -0.39 is 29.4 Å². The highest BCUT2D eigenvalue weighted by molar-refractivity contribution is 6.30. The maximum Gasteiger partial charge on any atom is 0.469 e. The highest BCUT2D eigenvalue weighted by atomic mass is 35.5. The number of ether oxygens (including phenoxy) is 1. The van der Waals surface area contributed by atoms with E-state index in [1.807, 2.05) is 30.3 Å². The molecule has 5 nitrogen and oxygen atoms in total. The van der Waals surface area contributed by atoms with Crippen molar-refractivity contribution in [2.75, 3.05) is 5.32 Å². The number of benzene rings is 3. The van der Waals surface area contributed by atoms with Gasteiger partial charge in [-0.05, 0) is 35.9 Å². The van der Waals surface area contributed by atoms with Gasteiger partial charge in [0.1, 0.15) is 11.4 Å². The number of carbonyl (C=O) groups excluding carboxylic acids is 1. The maximum absolute atomic E-state index is 14.0. The zero-order chi connectivity index (χ0) is 24.1. The molecule has 0 bridgehead atoms. The highest BCUT2D eigenvalue weighted by Gasteiger charge is 2.66. The molecule has 0 fully saturated rings. The van der Waals surface area contributed by atoms with Crippen molar-refractivity contribution in [1.29, 1.82) is 0 Å². The molecule has 0 saturated carbocycles. The van der Waals surface area contributed by atoms with Gasteiger partial charge in [-0.15, -0.1) is 0 Å². The third-order valence-electron chi connectivity index (χ3n) is 5.30. The normalized spacial score (nSPS) is 15.4. The average molecular weight is 488 g/mol. The van der Waals surface area contributed by atoms with Crippen molar-refractivity contribution in [2.45, 2.75) is 12.0 Å². The van der Waals surface area contributed by atoms with Crippen LogP contribution in [0.5, 0.6) is 5.75 Å². The molecule has 1 aromatic heterocycles. The predicted molar refractivity (Wildman–Crippen MR) is 118 cm³/mol. The van der Waals surface area contributed by atoms with E-state index in [4.69, 9.17) is 11.6 Å². The van der Waals surface area contributed by atoms with Crippen LogP contribution < -0.4 is 10.1 Å².